The molecule has 4 bridgehead atoms. The van der Waals surface area contributed by atoms with Crippen LogP contribution in [0.15, 0.2) is 53.4 Å². The van der Waals surface area contributed by atoms with Gasteiger partial charge in [-0.15, -0.1) is 0 Å². The van der Waals surface area contributed by atoms with Crippen LogP contribution in [0.3, 0.4) is 0 Å². The number of hydrogen-bond donors (Lipinski definition) is 1. The minimum atomic E-state index is -3.95. The number of carbonyl (C=O) groups is 3. The average Bonchev–Trinajstić information content (AvgIpc) is 3.48. The highest BCUT2D eigenvalue weighted by atomic mass is 32.2. The number of carbonyl (C=O) groups excluding carboxylic acids is 3. The van der Waals surface area contributed by atoms with Crippen LogP contribution in [-0.4, -0.2) is 73.8 Å². The normalized spacial score (nSPS) is 28.0. The van der Waals surface area contributed by atoms with Crippen molar-refractivity contribution in [3.05, 3.63) is 54.1 Å². The van der Waals surface area contributed by atoms with E-state index < -0.39 is 34.1 Å². The van der Waals surface area contributed by atoms with Gasteiger partial charge in [0, 0.05) is 31.9 Å². The molecule has 0 spiro atoms. The lowest BCUT2D eigenvalue weighted by molar-refractivity contribution is -0.131. The molecule has 45 heavy (non-hydrogen) atoms. The largest absolute Gasteiger partial charge is 0.414 e. The molecule has 2 aromatic carbocycles. The quantitative estimate of drug-likeness (QED) is 0.449. The molecule has 1 saturated heterocycles. The molecule has 1 N–H and O–H groups in total. The Balaban J connectivity index is 1.29. The summed E-state index contributed by atoms with van der Waals surface area (Å²) in [5, 5.41) is 3.40. The van der Waals surface area contributed by atoms with Gasteiger partial charge in [-0.2, -0.15) is 4.31 Å². The number of amides is 3. The van der Waals surface area contributed by atoms with Gasteiger partial charge >= 0.3 is 6.09 Å². The highest BCUT2D eigenvalue weighted by Gasteiger charge is 2.52. The third-order valence-electron chi connectivity index (χ3n) is 10.2. The Morgan fingerprint density at radius 3 is 2.07 bits per heavy atom. The SMILES string of the molecule is Cc1ccc(S(=O)(=O)N2CCC[C@H]2C(=O)N(c2ccc(OC(=O)N(C)C)cc2)[C@@H](C)C(=O)NC23CC4CC(CC(C4)C2)C3)cc1. The van der Waals surface area contributed by atoms with E-state index in [4.69, 9.17) is 4.74 Å². The average molecular weight is 637 g/mol. The van der Waals surface area contributed by atoms with Crippen LogP contribution in [0.25, 0.3) is 0 Å². The smallest absolute Gasteiger partial charge is 0.410 e. The summed E-state index contributed by atoms with van der Waals surface area (Å²) in [6.45, 7) is 3.81. The van der Waals surface area contributed by atoms with E-state index in [1.165, 1.54) is 33.4 Å². The molecule has 0 unspecified atom stereocenters. The van der Waals surface area contributed by atoms with Crippen molar-refractivity contribution < 1.29 is 27.5 Å². The fourth-order valence-corrected chi connectivity index (χ4v) is 10.1. The Hall–Kier alpha value is -3.44. The molecule has 1 heterocycles. The van der Waals surface area contributed by atoms with Crippen LogP contribution in [0.5, 0.6) is 5.75 Å². The second kappa shape index (κ2) is 12.1. The van der Waals surface area contributed by atoms with Crippen molar-refractivity contribution in [2.45, 2.75) is 87.7 Å². The highest BCUT2D eigenvalue weighted by molar-refractivity contribution is 7.89. The Labute approximate surface area is 266 Å². The lowest BCUT2D eigenvalue weighted by Gasteiger charge is -2.57. The standard InChI is InChI=1S/C34H44N4O6S/c1-22-7-13-29(14-8-22)45(42,43)37-15-5-6-30(37)32(40)38(27-9-11-28(12-10-27)44-33(41)36(3)4)23(2)31(39)35-34-19-24-16-25(20-34)18-26(17-24)21-34/h7-14,23-26,30H,5-6,15-21H2,1-4H3,(H,35,39)/t23-,24?,25?,26?,30-,34?/m0/s1. The Kier molecular flexibility index (Phi) is 8.45. The Morgan fingerprint density at radius 2 is 1.51 bits per heavy atom. The van der Waals surface area contributed by atoms with Crippen molar-refractivity contribution in [1.82, 2.24) is 14.5 Å². The monoisotopic (exact) mass is 636 g/mol. The first-order valence-electron chi connectivity index (χ1n) is 16.1. The molecule has 4 aliphatic carbocycles. The molecule has 3 amide bonds. The lowest BCUT2D eigenvalue weighted by Crippen LogP contribution is -2.63. The molecule has 2 atom stereocenters. The van der Waals surface area contributed by atoms with Crippen molar-refractivity contribution in [3.63, 3.8) is 0 Å². The van der Waals surface area contributed by atoms with Gasteiger partial charge in [-0.3, -0.25) is 14.5 Å². The zero-order valence-corrected chi connectivity index (χ0v) is 27.4. The number of sulfonamides is 1. The summed E-state index contributed by atoms with van der Waals surface area (Å²) in [4.78, 5) is 43.5. The number of nitrogens with zero attached hydrogens (tertiary/aromatic N) is 3. The van der Waals surface area contributed by atoms with Gasteiger partial charge < -0.3 is 15.0 Å². The van der Waals surface area contributed by atoms with Crippen molar-refractivity contribution in [1.29, 1.82) is 0 Å². The number of rotatable bonds is 8. The number of ether oxygens (including phenoxy) is 1. The molecule has 242 valence electrons. The molecule has 4 saturated carbocycles. The van der Waals surface area contributed by atoms with Crippen molar-refractivity contribution in [3.8, 4) is 5.75 Å². The number of anilines is 1. The fourth-order valence-electron chi connectivity index (χ4n) is 8.44. The van der Waals surface area contributed by atoms with Crippen LogP contribution in [-0.2, 0) is 19.6 Å². The van der Waals surface area contributed by atoms with Crippen molar-refractivity contribution >= 4 is 33.6 Å². The predicted molar refractivity (Wildman–Crippen MR) is 170 cm³/mol. The lowest BCUT2D eigenvalue weighted by atomic mass is 9.53. The van der Waals surface area contributed by atoms with Gasteiger partial charge in [0.05, 0.1) is 4.90 Å². The molecule has 5 fully saturated rings. The first kappa shape index (κ1) is 31.5. The molecular formula is C34H44N4O6S. The Morgan fingerprint density at radius 1 is 0.933 bits per heavy atom. The summed E-state index contributed by atoms with van der Waals surface area (Å²) in [7, 11) is -0.788. The minimum absolute atomic E-state index is 0.138. The van der Waals surface area contributed by atoms with E-state index >= 15 is 0 Å². The van der Waals surface area contributed by atoms with E-state index in [1.807, 2.05) is 6.92 Å². The van der Waals surface area contributed by atoms with Crippen LogP contribution >= 0.6 is 0 Å². The molecule has 10 nitrogen and oxygen atoms in total. The molecule has 0 aromatic heterocycles. The van der Waals surface area contributed by atoms with E-state index in [0.29, 0.717) is 42.0 Å². The van der Waals surface area contributed by atoms with Crippen LogP contribution in [0.2, 0.25) is 0 Å². The number of hydrogen-bond acceptors (Lipinski definition) is 6. The number of nitrogens with one attached hydrogen (secondary N) is 1. The van der Waals surface area contributed by atoms with Gasteiger partial charge in [0.2, 0.25) is 21.8 Å². The third kappa shape index (κ3) is 6.21. The molecule has 0 radical (unpaired) electrons. The van der Waals surface area contributed by atoms with Gasteiger partial charge in [-0.05, 0) is 119 Å². The molecule has 1 aliphatic heterocycles. The third-order valence-corrected chi connectivity index (χ3v) is 12.2. The summed E-state index contributed by atoms with van der Waals surface area (Å²) in [5.74, 6) is 1.52. The van der Waals surface area contributed by atoms with Crippen LogP contribution in [0.4, 0.5) is 10.5 Å². The van der Waals surface area contributed by atoms with Gasteiger partial charge in [0.25, 0.3) is 0 Å². The van der Waals surface area contributed by atoms with E-state index in [1.54, 1.807) is 69.6 Å². The van der Waals surface area contributed by atoms with E-state index in [9.17, 15) is 22.8 Å². The van der Waals surface area contributed by atoms with Gasteiger partial charge in [0.1, 0.15) is 17.8 Å². The fraction of sp³-hybridized carbons (Fsp3) is 0.559. The highest BCUT2D eigenvalue weighted by Crippen LogP contribution is 2.55. The summed E-state index contributed by atoms with van der Waals surface area (Å²) in [6, 6.07) is 11.2. The van der Waals surface area contributed by atoms with Crippen LogP contribution < -0.4 is 15.0 Å². The molecular weight excluding hydrogens is 592 g/mol. The maximum Gasteiger partial charge on any atom is 0.414 e. The molecule has 2 aromatic rings. The summed E-state index contributed by atoms with van der Waals surface area (Å²) in [5.41, 5.74) is 1.12. The topological polar surface area (TPSA) is 116 Å². The van der Waals surface area contributed by atoms with E-state index in [-0.39, 0.29) is 22.9 Å². The number of aryl methyl sites for hydroxylation is 1. The second-order valence-electron chi connectivity index (χ2n) is 13.9. The minimum Gasteiger partial charge on any atom is -0.410 e. The summed E-state index contributed by atoms with van der Waals surface area (Å²) >= 11 is 0. The maximum atomic E-state index is 14.5. The van der Waals surface area contributed by atoms with E-state index in [0.717, 1.165) is 24.8 Å². The van der Waals surface area contributed by atoms with Gasteiger partial charge in [-0.1, -0.05) is 17.7 Å². The Bertz CT molecular complexity index is 1520. The van der Waals surface area contributed by atoms with E-state index in [2.05, 4.69) is 5.32 Å². The second-order valence-corrected chi connectivity index (χ2v) is 15.8. The van der Waals surface area contributed by atoms with Crippen molar-refractivity contribution in [2.24, 2.45) is 17.8 Å². The zero-order chi connectivity index (χ0) is 32.1. The predicted octanol–water partition coefficient (Wildman–Crippen LogP) is 4.72. The first-order chi connectivity index (χ1) is 21.3. The van der Waals surface area contributed by atoms with Crippen LogP contribution in [0.1, 0.15) is 63.9 Å². The van der Waals surface area contributed by atoms with Gasteiger partial charge in [0.15, 0.2) is 0 Å². The number of benzene rings is 2. The first-order valence-corrected chi connectivity index (χ1v) is 17.5. The zero-order valence-electron chi connectivity index (χ0n) is 26.6. The maximum absolute atomic E-state index is 14.5. The van der Waals surface area contributed by atoms with Crippen LogP contribution in [0, 0.1) is 24.7 Å². The van der Waals surface area contributed by atoms with Gasteiger partial charge in [-0.25, -0.2) is 13.2 Å². The molecule has 5 aliphatic rings. The molecule has 7 rings (SSSR count). The van der Waals surface area contributed by atoms with Crippen molar-refractivity contribution in [2.75, 3.05) is 25.5 Å². The molecule has 11 heteroatoms. The summed E-state index contributed by atoms with van der Waals surface area (Å²) < 4.78 is 34.2. The summed E-state index contributed by atoms with van der Waals surface area (Å²) in [6.07, 6.45) is 6.99.